The molecule has 0 spiro atoms. The topological polar surface area (TPSA) is 159 Å². The molecule has 3 heterocycles. The van der Waals surface area contributed by atoms with Crippen LogP contribution < -0.4 is 16.2 Å². The van der Waals surface area contributed by atoms with E-state index in [4.69, 9.17) is 0 Å². The summed E-state index contributed by atoms with van der Waals surface area (Å²) < 4.78 is 1.35. The van der Waals surface area contributed by atoms with Crippen LogP contribution in [0, 0.1) is 29.6 Å². The van der Waals surface area contributed by atoms with Crippen LogP contribution in [0.1, 0.15) is 20.3 Å². The quantitative estimate of drug-likeness (QED) is 0.370. The number of nitrogens with one attached hydrogen (secondary N) is 3. The Labute approximate surface area is 193 Å². The number of carbonyl (C=O) groups excluding carboxylic acids is 4. The SMILES string of the molecule is CC(C)C(=O)Nc1nc2ncn(CC(=O)NCCN3C(=O)[C@@H]4[C@H](C3=O)[C@@H]3C=C[C@H]4C3)c2c(=O)[nH]1. The lowest BCUT2D eigenvalue weighted by Gasteiger charge is -2.17. The predicted molar refractivity (Wildman–Crippen MR) is 119 cm³/mol. The first-order valence-corrected chi connectivity index (χ1v) is 11.3. The zero-order valence-corrected chi connectivity index (χ0v) is 18.8. The molecule has 2 fully saturated rings. The molecule has 4 atom stereocenters. The number of imide groups is 1. The first-order valence-electron chi connectivity index (χ1n) is 11.3. The van der Waals surface area contributed by atoms with Gasteiger partial charge in [-0.05, 0) is 18.3 Å². The molecule has 1 saturated carbocycles. The molecule has 0 unspecified atom stereocenters. The van der Waals surface area contributed by atoms with Crippen LogP contribution in [0.2, 0.25) is 0 Å². The van der Waals surface area contributed by atoms with E-state index in [1.165, 1.54) is 15.8 Å². The lowest BCUT2D eigenvalue weighted by atomic mass is 9.85. The van der Waals surface area contributed by atoms with Crippen molar-refractivity contribution in [2.24, 2.45) is 29.6 Å². The van der Waals surface area contributed by atoms with Gasteiger partial charge in [-0.1, -0.05) is 26.0 Å². The highest BCUT2D eigenvalue weighted by Crippen LogP contribution is 2.52. The summed E-state index contributed by atoms with van der Waals surface area (Å²) in [6.45, 7) is 3.45. The van der Waals surface area contributed by atoms with Gasteiger partial charge in [-0.15, -0.1) is 0 Å². The summed E-state index contributed by atoms with van der Waals surface area (Å²) in [5, 5.41) is 5.20. The van der Waals surface area contributed by atoms with E-state index >= 15 is 0 Å². The van der Waals surface area contributed by atoms with Crippen molar-refractivity contribution in [2.45, 2.75) is 26.8 Å². The summed E-state index contributed by atoms with van der Waals surface area (Å²) in [5.74, 6) is -1.55. The Morgan fingerprint density at radius 3 is 2.47 bits per heavy atom. The molecule has 3 N–H and O–H groups in total. The first kappa shape index (κ1) is 22.0. The van der Waals surface area contributed by atoms with Gasteiger partial charge in [-0.3, -0.25) is 39.2 Å². The molecule has 2 aromatic heterocycles. The molecule has 1 saturated heterocycles. The number of fused-ring (bicyclic) bond motifs is 6. The molecule has 4 amide bonds. The van der Waals surface area contributed by atoms with Gasteiger partial charge in [-0.25, -0.2) is 4.98 Å². The highest BCUT2D eigenvalue weighted by molar-refractivity contribution is 6.06. The normalized spacial score (nSPS) is 25.0. The molecule has 2 aliphatic carbocycles. The summed E-state index contributed by atoms with van der Waals surface area (Å²) in [4.78, 5) is 74.1. The molecule has 12 heteroatoms. The van der Waals surface area contributed by atoms with Crippen LogP contribution in [0.4, 0.5) is 5.95 Å². The number of hydrogen-bond acceptors (Lipinski definition) is 7. The van der Waals surface area contributed by atoms with Gasteiger partial charge in [-0.2, -0.15) is 4.98 Å². The highest BCUT2D eigenvalue weighted by atomic mass is 16.2. The number of imidazole rings is 1. The van der Waals surface area contributed by atoms with Crippen molar-refractivity contribution in [2.75, 3.05) is 18.4 Å². The van der Waals surface area contributed by atoms with Gasteiger partial charge in [0.05, 0.1) is 18.2 Å². The Morgan fingerprint density at radius 2 is 1.82 bits per heavy atom. The molecular weight excluding hydrogens is 442 g/mol. The molecule has 0 aromatic carbocycles. The van der Waals surface area contributed by atoms with Crippen molar-refractivity contribution in [1.82, 2.24) is 29.7 Å². The largest absolute Gasteiger partial charge is 0.353 e. The van der Waals surface area contributed by atoms with Gasteiger partial charge >= 0.3 is 0 Å². The number of anilines is 1. The van der Waals surface area contributed by atoms with E-state index in [0.29, 0.717) is 0 Å². The zero-order valence-electron chi connectivity index (χ0n) is 18.8. The number of nitrogens with zero attached hydrogens (tertiary/aromatic N) is 4. The van der Waals surface area contributed by atoms with Gasteiger partial charge in [0.1, 0.15) is 6.54 Å². The van der Waals surface area contributed by atoms with E-state index in [1.54, 1.807) is 13.8 Å². The maximum atomic E-state index is 12.7. The number of amides is 4. The van der Waals surface area contributed by atoms with Crippen molar-refractivity contribution in [3.05, 3.63) is 28.8 Å². The number of H-pyrrole nitrogens is 1. The van der Waals surface area contributed by atoms with Crippen LogP contribution in [0.5, 0.6) is 0 Å². The van der Waals surface area contributed by atoms with E-state index < -0.39 is 11.5 Å². The second-order valence-electron chi connectivity index (χ2n) is 9.28. The third-order valence-corrected chi connectivity index (χ3v) is 6.78. The molecular formula is C22H25N7O5. The second-order valence-corrected chi connectivity index (χ2v) is 9.28. The predicted octanol–water partition coefficient (Wildman–Crippen LogP) is -0.363. The molecule has 12 nitrogen and oxygen atoms in total. The monoisotopic (exact) mass is 467 g/mol. The Morgan fingerprint density at radius 1 is 1.15 bits per heavy atom. The van der Waals surface area contributed by atoms with Crippen molar-refractivity contribution in [3.63, 3.8) is 0 Å². The van der Waals surface area contributed by atoms with E-state index in [2.05, 4.69) is 25.6 Å². The number of allylic oxidation sites excluding steroid dienone is 2. The number of aromatic amines is 1. The minimum atomic E-state index is -0.544. The maximum Gasteiger partial charge on any atom is 0.278 e. The molecule has 2 aromatic rings. The van der Waals surface area contributed by atoms with E-state index in [0.717, 1.165) is 6.42 Å². The standard InChI is InChI=1S/C22H25N7O5/c1-10(2)18(31)26-22-25-17-16(19(32)27-22)28(9-24-17)8-13(30)23-5-6-29-20(33)14-11-3-4-12(7-11)15(14)21(29)34/h3-4,9-12,14-15H,5-8H2,1-2H3,(H,23,30)(H2,25,26,27,31,32)/t11-,12+,14-,15+. The Balaban J connectivity index is 1.19. The van der Waals surface area contributed by atoms with Crippen molar-refractivity contribution >= 4 is 40.7 Å². The third-order valence-electron chi connectivity index (χ3n) is 6.78. The number of rotatable bonds is 7. The second kappa shape index (κ2) is 8.19. The Bertz CT molecular complexity index is 1260. The number of aromatic nitrogens is 4. The molecule has 34 heavy (non-hydrogen) atoms. The molecule has 178 valence electrons. The summed E-state index contributed by atoms with van der Waals surface area (Å²) >= 11 is 0. The van der Waals surface area contributed by atoms with Crippen LogP contribution in [0.15, 0.2) is 23.3 Å². The molecule has 1 aliphatic heterocycles. The van der Waals surface area contributed by atoms with E-state index in [1.807, 2.05) is 12.2 Å². The number of likely N-dealkylation sites (tertiary alicyclic amines) is 1. The van der Waals surface area contributed by atoms with Gasteiger partial charge < -0.3 is 9.88 Å². The summed E-state index contributed by atoms with van der Waals surface area (Å²) in [5.41, 5.74) is -0.352. The van der Waals surface area contributed by atoms with Gasteiger partial charge in [0.25, 0.3) is 5.56 Å². The molecule has 3 aliphatic rings. The first-order chi connectivity index (χ1) is 16.2. The van der Waals surface area contributed by atoms with Crippen molar-refractivity contribution < 1.29 is 19.2 Å². The van der Waals surface area contributed by atoms with Crippen LogP contribution in [-0.2, 0) is 25.7 Å². The smallest absolute Gasteiger partial charge is 0.278 e. The number of carbonyl (C=O) groups is 4. The van der Waals surface area contributed by atoms with Crippen LogP contribution in [-0.4, -0.2) is 61.1 Å². The third kappa shape index (κ3) is 3.58. The minimum absolute atomic E-state index is 0.0146. The maximum absolute atomic E-state index is 12.7. The highest BCUT2D eigenvalue weighted by Gasteiger charge is 2.58. The molecule has 0 radical (unpaired) electrons. The number of hydrogen-bond donors (Lipinski definition) is 3. The lowest BCUT2D eigenvalue weighted by molar-refractivity contribution is -0.141. The van der Waals surface area contributed by atoms with E-state index in [-0.39, 0.29) is 84.1 Å². The fourth-order valence-electron chi connectivity index (χ4n) is 5.13. The van der Waals surface area contributed by atoms with Crippen molar-refractivity contribution in [1.29, 1.82) is 0 Å². The van der Waals surface area contributed by atoms with Crippen LogP contribution >= 0.6 is 0 Å². The average Bonchev–Trinajstić information content (AvgIpc) is 3.54. The van der Waals surface area contributed by atoms with Gasteiger partial charge in [0.15, 0.2) is 11.2 Å². The fraction of sp³-hybridized carbons (Fsp3) is 0.500. The minimum Gasteiger partial charge on any atom is -0.353 e. The van der Waals surface area contributed by atoms with Crippen molar-refractivity contribution in [3.8, 4) is 0 Å². The Hall–Kier alpha value is -3.83. The molecule has 5 rings (SSSR count). The van der Waals surface area contributed by atoms with E-state index in [9.17, 15) is 24.0 Å². The lowest BCUT2D eigenvalue weighted by Crippen LogP contribution is -2.40. The fourth-order valence-corrected chi connectivity index (χ4v) is 5.13. The Kier molecular flexibility index (Phi) is 5.29. The molecule has 2 bridgehead atoms. The summed E-state index contributed by atoms with van der Waals surface area (Å²) in [6.07, 6.45) is 6.26. The van der Waals surface area contributed by atoms with Gasteiger partial charge in [0, 0.05) is 19.0 Å². The van der Waals surface area contributed by atoms with Crippen LogP contribution in [0.25, 0.3) is 11.2 Å². The summed E-state index contributed by atoms with van der Waals surface area (Å²) in [7, 11) is 0. The average molecular weight is 467 g/mol. The van der Waals surface area contributed by atoms with Gasteiger partial charge in [0.2, 0.25) is 29.6 Å². The zero-order chi connectivity index (χ0) is 24.1. The summed E-state index contributed by atoms with van der Waals surface area (Å²) in [6, 6.07) is 0. The van der Waals surface area contributed by atoms with Crippen LogP contribution in [0.3, 0.4) is 0 Å².